The van der Waals surface area contributed by atoms with Crippen LogP contribution < -0.4 is 10.5 Å². The van der Waals surface area contributed by atoms with Gasteiger partial charge in [-0.1, -0.05) is 18.0 Å². The van der Waals surface area contributed by atoms with Crippen molar-refractivity contribution in [2.24, 2.45) is 11.1 Å². The number of hydrogen-bond donors (Lipinski definition) is 1. The second-order valence-electron chi connectivity index (χ2n) is 5.15. The molecule has 2 rings (SSSR count). The average molecular weight is 254 g/mol. The largest absolute Gasteiger partial charge is 0.496 e. The number of ether oxygens (including phenoxy) is 1. The van der Waals surface area contributed by atoms with Gasteiger partial charge in [0.15, 0.2) is 0 Å². The Morgan fingerprint density at radius 1 is 1.41 bits per heavy atom. The van der Waals surface area contributed by atoms with Crippen LogP contribution >= 0.6 is 11.6 Å². The normalized spacial score (nSPS) is 17.6. The Kier molecular flexibility index (Phi) is 3.64. The predicted molar refractivity (Wildman–Crippen MR) is 71.8 cm³/mol. The molecule has 1 aliphatic carbocycles. The van der Waals surface area contributed by atoms with Crippen LogP contribution in [0.25, 0.3) is 0 Å². The lowest BCUT2D eigenvalue weighted by Gasteiger charge is -2.41. The summed E-state index contributed by atoms with van der Waals surface area (Å²) < 4.78 is 5.44. The van der Waals surface area contributed by atoms with Gasteiger partial charge in [0.1, 0.15) is 5.75 Å². The Morgan fingerprint density at radius 2 is 2.12 bits per heavy atom. The van der Waals surface area contributed by atoms with Gasteiger partial charge in [-0.05, 0) is 61.4 Å². The molecule has 1 fully saturated rings. The molecule has 1 saturated carbocycles. The van der Waals surface area contributed by atoms with Crippen LogP contribution in [0.15, 0.2) is 12.1 Å². The van der Waals surface area contributed by atoms with Gasteiger partial charge in [-0.2, -0.15) is 0 Å². The molecule has 0 spiro atoms. The Balaban J connectivity index is 2.28. The molecule has 2 nitrogen and oxygen atoms in total. The number of methoxy groups -OCH3 is 1. The molecule has 0 aliphatic heterocycles. The maximum atomic E-state index is 6.19. The van der Waals surface area contributed by atoms with Crippen LogP contribution in [0.5, 0.6) is 5.75 Å². The van der Waals surface area contributed by atoms with Gasteiger partial charge in [-0.25, -0.2) is 0 Å². The van der Waals surface area contributed by atoms with Crippen molar-refractivity contribution in [3.8, 4) is 5.75 Å². The van der Waals surface area contributed by atoms with E-state index in [0.29, 0.717) is 0 Å². The summed E-state index contributed by atoms with van der Waals surface area (Å²) in [6, 6.07) is 4.05. The predicted octanol–water partition coefficient (Wildman–Crippen LogP) is 3.33. The highest BCUT2D eigenvalue weighted by atomic mass is 35.5. The van der Waals surface area contributed by atoms with Crippen molar-refractivity contribution in [1.29, 1.82) is 0 Å². The van der Waals surface area contributed by atoms with Crippen molar-refractivity contribution in [1.82, 2.24) is 0 Å². The van der Waals surface area contributed by atoms with Gasteiger partial charge in [-0.3, -0.25) is 0 Å². The van der Waals surface area contributed by atoms with Gasteiger partial charge >= 0.3 is 0 Å². The molecule has 17 heavy (non-hydrogen) atoms. The summed E-state index contributed by atoms with van der Waals surface area (Å²) in [5, 5.41) is 0.812. The number of rotatable bonds is 4. The SMILES string of the molecule is COc1cc(C)c(Cl)cc1CC1(CN)CCC1. The lowest BCUT2D eigenvalue weighted by molar-refractivity contribution is 0.143. The van der Waals surface area contributed by atoms with Crippen molar-refractivity contribution in [2.45, 2.75) is 32.6 Å². The summed E-state index contributed by atoms with van der Waals surface area (Å²) in [4.78, 5) is 0. The fourth-order valence-corrected chi connectivity index (χ4v) is 2.74. The number of hydrogen-bond acceptors (Lipinski definition) is 2. The second-order valence-corrected chi connectivity index (χ2v) is 5.55. The Hall–Kier alpha value is -0.730. The molecular weight excluding hydrogens is 234 g/mol. The van der Waals surface area contributed by atoms with E-state index < -0.39 is 0 Å². The second kappa shape index (κ2) is 4.87. The summed E-state index contributed by atoms with van der Waals surface area (Å²) >= 11 is 6.19. The van der Waals surface area contributed by atoms with E-state index in [2.05, 4.69) is 0 Å². The summed E-state index contributed by atoms with van der Waals surface area (Å²) in [5.74, 6) is 0.937. The van der Waals surface area contributed by atoms with Gasteiger partial charge in [0, 0.05) is 5.02 Å². The highest BCUT2D eigenvalue weighted by Gasteiger charge is 2.36. The molecule has 0 unspecified atom stereocenters. The lowest BCUT2D eigenvalue weighted by atomic mass is 9.65. The maximum absolute atomic E-state index is 6.19. The van der Waals surface area contributed by atoms with Gasteiger partial charge in [0.2, 0.25) is 0 Å². The van der Waals surface area contributed by atoms with E-state index in [1.54, 1.807) is 7.11 Å². The van der Waals surface area contributed by atoms with Crippen LogP contribution in [0.2, 0.25) is 5.02 Å². The molecule has 0 bridgehead atoms. The number of nitrogens with two attached hydrogens (primary N) is 1. The van der Waals surface area contributed by atoms with Gasteiger partial charge in [0.05, 0.1) is 7.11 Å². The fraction of sp³-hybridized carbons (Fsp3) is 0.571. The molecule has 0 saturated heterocycles. The van der Waals surface area contributed by atoms with Crippen molar-refractivity contribution in [2.75, 3.05) is 13.7 Å². The molecule has 1 aromatic rings. The van der Waals surface area contributed by atoms with Crippen LogP contribution in [0, 0.1) is 12.3 Å². The first-order valence-corrected chi connectivity index (χ1v) is 6.51. The summed E-state index contributed by atoms with van der Waals surface area (Å²) in [6.07, 6.45) is 4.71. The first kappa shape index (κ1) is 12.7. The van der Waals surface area contributed by atoms with Gasteiger partial charge in [0.25, 0.3) is 0 Å². The fourth-order valence-electron chi connectivity index (χ4n) is 2.56. The summed E-state index contributed by atoms with van der Waals surface area (Å²) in [7, 11) is 1.71. The average Bonchev–Trinajstić information content (AvgIpc) is 2.27. The smallest absolute Gasteiger partial charge is 0.122 e. The van der Waals surface area contributed by atoms with Crippen LogP contribution in [-0.2, 0) is 6.42 Å². The molecule has 1 aliphatic rings. The van der Waals surface area contributed by atoms with E-state index >= 15 is 0 Å². The van der Waals surface area contributed by atoms with Crippen molar-refractivity contribution in [3.63, 3.8) is 0 Å². The van der Waals surface area contributed by atoms with Crippen LogP contribution in [0.3, 0.4) is 0 Å². The zero-order valence-electron chi connectivity index (χ0n) is 10.6. The van der Waals surface area contributed by atoms with Crippen molar-refractivity contribution >= 4 is 11.6 Å². The van der Waals surface area contributed by atoms with Crippen LogP contribution in [0.4, 0.5) is 0 Å². The standard InChI is InChI=1S/C14H20ClNO/c1-10-6-13(17-2)11(7-12(10)15)8-14(9-16)4-3-5-14/h6-7H,3-5,8-9,16H2,1-2H3. The van der Waals surface area contributed by atoms with Crippen LogP contribution in [-0.4, -0.2) is 13.7 Å². The van der Waals surface area contributed by atoms with E-state index in [1.165, 1.54) is 24.8 Å². The summed E-state index contributed by atoms with van der Waals surface area (Å²) in [6.45, 7) is 2.75. The maximum Gasteiger partial charge on any atom is 0.122 e. The quantitative estimate of drug-likeness (QED) is 0.893. The topological polar surface area (TPSA) is 35.2 Å². The van der Waals surface area contributed by atoms with Crippen molar-refractivity contribution < 1.29 is 4.74 Å². The molecule has 0 atom stereocenters. The molecule has 0 amide bonds. The molecule has 2 N–H and O–H groups in total. The Bertz CT molecular complexity index is 407. The van der Waals surface area contributed by atoms with E-state index in [-0.39, 0.29) is 5.41 Å². The minimum Gasteiger partial charge on any atom is -0.496 e. The summed E-state index contributed by atoms with van der Waals surface area (Å²) in [5.41, 5.74) is 8.43. The number of halogens is 1. The third-order valence-electron chi connectivity index (χ3n) is 3.97. The van der Waals surface area contributed by atoms with Crippen LogP contribution in [0.1, 0.15) is 30.4 Å². The van der Waals surface area contributed by atoms with Crippen molar-refractivity contribution in [3.05, 3.63) is 28.3 Å². The first-order valence-electron chi connectivity index (χ1n) is 6.13. The zero-order chi connectivity index (χ0) is 12.5. The molecule has 0 radical (unpaired) electrons. The van der Waals surface area contributed by atoms with E-state index in [9.17, 15) is 0 Å². The minimum atomic E-state index is 0.284. The highest BCUT2D eigenvalue weighted by Crippen LogP contribution is 2.44. The molecule has 94 valence electrons. The monoisotopic (exact) mass is 253 g/mol. The molecule has 0 aromatic heterocycles. The first-order chi connectivity index (χ1) is 8.10. The number of benzene rings is 1. The van der Waals surface area contributed by atoms with E-state index in [1.807, 2.05) is 19.1 Å². The van der Waals surface area contributed by atoms with Gasteiger partial charge < -0.3 is 10.5 Å². The Labute approximate surface area is 108 Å². The third-order valence-corrected chi connectivity index (χ3v) is 4.38. The molecule has 0 heterocycles. The Morgan fingerprint density at radius 3 is 2.59 bits per heavy atom. The molecule has 1 aromatic carbocycles. The molecule has 3 heteroatoms. The third kappa shape index (κ3) is 2.43. The highest BCUT2D eigenvalue weighted by molar-refractivity contribution is 6.31. The van der Waals surface area contributed by atoms with Gasteiger partial charge in [-0.15, -0.1) is 0 Å². The molecular formula is C14H20ClNO. The number of aryl methyl sites for hydroxylation is 1. The lowest BCUT2D eigenvalue weighted by Crippen LogP contribution is -2.39. The minimum absolute atomic E-state index is 0.284. The zero-order valence-corrected chi connectivity index (χ0v) is 11.3. The van der Waals surface area contributed by atoms with E-state index in [0.717, 1.165) is 29.3 Å². The van der Waals surface area contributed by atoms with E-state index in [4.69, 9.17) is 22.1 Å².